The number of piperidine rings is 2. The van der Waals surface area contributed by atoms with Gasteiger partial charge >= 0.3 is 6.18 Å². The minimum Gasteiger partial charge on any atom is -0.345 e. The van der Waals surface area contributed by atoms with Crippen molar-refractivity contribution in [3.8, 4) is 0 Å². The molecule has 7 nitrogen and oxygen atoms in total. The van der Waals surface area contributed by atoms with Gasteiger partial charge in [-0.25, -0.2) is 4.39 Å². The first-order chi connectivity index (χ1) is 18.3. The second kappa shape index (κ2) is 10.9. The van der Waals surface area contributed by atoms with Gasteiger partial charge in [-0.15, -0.1) is 0 Å². The fourth-order valence-corrected chi connectivity index (χ4v) is 5.69. The van der Waals surface area contributed by atoms with Crippen LogP contribution in [0.25, 0.3) is 0 Å². The lowest BCUT2D eigenvalue weighted by Gasteiger charge is -2.51. The highest BCUT2D eigenvalue weighted by molar-refractivity contribution is 5.98. The third kappa shape index (κ3) is 5.91. The number of aromatic nitrogens is 1. The van der Waals surface area contributed by atoms with E-state index in [2.05, 4.69) is 10.3 Å². The van der Waals surface area contributed by atoms with E-state index >= 15 is 0 Å². The molecule has 2 saturated heterocycles. The van der Waals surface area contributed by atoms with Gasteiger partial charge in [0.05, 0.1) is 11.1 Å². The summed E-state index contributed by atoms with van der Waals surface area (Å²) in [6, 6.07) is 4.45. The van der Waals surface area contributed by atoms with E-state index in [1.807, 2.05) is 12.1 Å². The summed E-state index contributed by atoms with van der Waals surface area (Å²) in [4.78, 5) is 46.5. The molecule has 11 heteroatoms. The molecule has 1 aromatic heterocycles. The lowest BCUT2D eigenvalue weighted by molar-refractivity contribution is -0.143. The maximum Gasteiger partial charge on any atom is 0.416 e. The number of pyridine rings is 1. The van der Waals surface area contributed by atoms with Gasteiger partial charge in [0.2, 0.25) is 11.8 Å². The molecule has 2 aliphatic heterocycles. The average Bonchev–Trinajstić information content (AvgIpc) is 2.89. The molecule has 1 N–H and O–H groups in total. The van der Waals surface area contributed by atoms with E-state index in [1.165, 1.54) is 0 Å². The predicted octanol–water partition coefficient (Wildman–Crippen LogP) is 4.25. The summed E-state index contributed by atoms with van der Waals surface area (Å²) in [5, 5.41) is 2.46. The van der Waals surface area contributed by atoms with Crippen LogP contribution < -0.4 is 5.32 Å². The Bertz CT molecular complexity index is 1230. The van der Waals surface area contributed by atoms with Crippen LogP contribution in [-0.4, -0.2) is 65.2 Å². The number of nitrogens with one attached hydrogen (secondary N) is 1. The maximum atomic E-state index is 14.3. The summed E-state index contributed by atoms with van der Waals surface area (Å²) in [5.41, 5.74) is -1.18. The number of halogens is 4. The average molecular weight is 549 g/mol. The molecule has 3 amide bonds. The molecule has 2 aromatic rings. The molecule has 2 atom stereocenters. The van der Waals surface area contributed by atoms with E-state index in [-0.39, 0.29) is 23.1 Å². The lowest BCUT2D eigenvalue weighted by Crippen LogP contribution is -2.57. The SMILES string of the molecule is CC(C)[C@@H](NC(=O)c1cc(C(F)(F)F)ccc1F)C(=O)N1CCC2(CC1)CC(=O)N(C)CC2c1ccncc1. The number of alkyl halides is 3. The topological polar surface area (TPSA) is 82.6 Å². The van der Waals surface area contributed by atoms with Gasteiger partial charge in [-0.3, -0.25) is 19.4 Å². The van der Waals surface area contributed by atoms with Crippen LogP contribution in [0.3, 0.4) is 0 Å². The number of nitrogens with zero attached hydrogens (tertiary/aromatic N) is 3. The Morgan fingerprint density at radius 1 is 1.10 bits per heavy atom. The van der Waals surface area contributed by atoms with Crippen molar-refractivity contribution < 1.29 is 31.9 Å². The molecule has 2 aliphatic rings. The number of rotatable bonds is 5. The highest BCUT2D eigenvalue weighted by Gasteiger charge is 2.48. The Morgan fingerprint density at radius 3 is 2.33 bits per heavy atom. The van der Waals surface area contributed by atoms with Crippen LogP contribution in [0.2, 0.25) is 0 Å². The zero-order chi connectivity index (χ0) is 28.5. The van der Waals surface area contributed by atoms with Crippen LogP contribution in [0.1, 0.15) is 60.5 Å². The fraction of sp³-hybridized carbons (Fsp3) is 0.500. The number of hydrogen-bond donors (Lipinski definition) is 1. The van der Waals surface area contributed by atoms with Crippen molar-refractivity contribution in [3.05, 3.63) is 65.2 Å². The first-order valence-corrected chi connectivity index (χ1v) is 12.9. The van der Waals surface area contributed by atoms with Gasteiger partial charge in [-0.2, -0.15) is 13.2 Å². The third-order valence-corrected chi connectivity index (χ3v) is 8.06. The summed E-state index contributed by atoms with van der Waals surface area (Å²) in [7, 11) is 1.78. The molecule has 3 heterocycles. The Balaban J connectivity index is 1.50. The van der Waals surface area contributed by atoms with Crippen LogP contribution in [0.4, 0.5) is 17.6 Å². The minimum atomic E-state index is -4.75. The van der Waals surface area contributed by atoms with E-state index < -0.39 is 41.0 Å². The number of carbonyl (C=O) groups excluding carboxylic acids is 3. The Morgan fingerprint density at radius 2 is 1.74 bits per heavy atom. The van der Waals surface area contributed by atoms with Crippen molar-refractivity contribution in [2.75, 3.05) is 26.7 Å². The number of likely N-dealkylation sites (N-methyl/N-ethyl adjacent to an activating group) is 1. The summed E-state index contributed by atoms with van der Waals surface area (Å²) >= 11 is 0. The molecular formula is C28H32F4N4O3. The van der Waals surface area contributed by atoms with Crippen LogP contribution in [0.15, 0.2) is 42.7 Å². The van der Waals surface area contributed by atoms with E-state index in [0.29, 0.717) is 57.1 Å². The molecule has 1 aromatic carbocycles. The molecular weight excluding hydrogens is 516 g/mol. The normalized spacial score (nSPS) is 20.3. The first kappa shape index (κ1) is 28.5. The van der Waals surface area contributed by atoms with Crippen molar-refractivity contribution >= 4 is 17.7 Å². The second-order valence-corrected chi connectivity index (χ2v) is 10.9. The third-order valence-electron chi connectivity index (χ3n) is 8.06. The van der Waals surface area contributed by atoms with E-state index in [4.69, 9.17) is 0 Å². The number of amides is 3. The fourth-order valence-electron chi connectivity index (χ4n) is 5.69. The second-order valence-electron chi connectivity index (χ2n) is 10.9. The minimum absolute atomic E-state index is 0.0514. The van der Waals surface area contributed by atoms with E-state index in [0.717, 1.165) is 5.56 Å². The number of benzene rings is 1. The molecule has 1 unspecified atom stereocenters. The zero-order valence-corrected chi connectivity index (χ0v) is 22.1. The highest BCUT2D eigenvalue weighted by atomic mass is 19.4. The summed E-state index contributed by atoms with van der Waals surface area (Å²) < 4.78 is 53.6. The molecule has 39 heavy (non-hydrogen) atoms. The van der Waals surface area contributed by atoms with Gasteiger partial charge in [0.1, 0.15) is 11.9 Å². The van der Waals surface area contributed by atoms with Crippen molar-refractivity contribution in [3.63, 3.8) is 0 Å². The standard InChI is InChI=1S/C28H32F4N4O3/c1-17(2)24(34-25(38)20-14-19(28(30,31)32)4-5-22(20)29)26(39)36-12-8-27(9-13-36)15-23(37)35(3)16-21(27)18-6-10-33-11-7-18/h4-7,10-11,14,17,21,24H,8-9,12-13,15-16H2,1-3H3,(H,34,38)/t21?,24-/m1/s1. The maximum absolute atomic E-state index is 14.3. The highest BCUT2D eigenvalue weighted by Crippen LogP contribution is 2.50. The van der Waals surface area contributed by atoms with Crippen molar-refractivity contribution in [2.45, 2.75) is 51.2 Å². The van der Waals surface area contributed by atoms with Gasteiger partial charge in [0, 0.05) is 51.4 Å². The monoisotopic (exact) mass is 548 g/mol. The van der Waals surface area contributed by atoms with Gasteiger partial charge in [0.15, 0.2) is 0 Å². The van der Waals surface area contributed by atoms with Crippen LogP contribution >= 0.6 is 0 Å². The number of likely N-dealkylation sites (tertiary alicyclic amines) is 2. The number of carbonyl (C=O) groups is 3. The molecule has 4 rings (SSSR count). The molecule has 2 fully saturated rings. The Labute approximate surface area is 224 Å². The summed E-state index contributed by atoms with van der Waals surface area (Å²) in [6.07, 6.45) is 0.210. The van der Waals surface area contributed by atoms with Crippen LogP contribution in [-0.2, 0) is 15.8 Å². The predicted molar refractivity (Wildman–Crippen MR) is 135 cm³/mol. The van der Waals surface area contributed by atoms with Crippen LogP contribution in [0.5, 0.6) is 0 Å². The van der Waals surface area contributed by atoms with Crippen molar-refractivity contribution in [1.82, 2.24) is 20.1 Å². The van der Waals surface area contributed by atoms with Gasteiger partial charge in [0.25, 0.3) is 5.91 Å². The van der Waals surface area contributed by atoms with Gasteiger partial charge < -0.3 is 15.1 Å². The van der Waals surface area contributed by atoms with Gasteiger partial charge in [-0.1, -0.05) is 13.8 Å². The molecule has 0 bridgehead atoms. The number of hydrogen-bond acceptors (Lipinski definition) is 4. The zero-order valence-electron chi connectivity index (χ0n) is 22.1. The van der Waals surface area contributed by atoms with E-state index in [1.54, 1.807) is 43.1 Å². The molecule has 0 saturated carbocycles. The smallest absolute Gasteiger partial charge is 0.345 e. The largest absolute Gasteiger partial charge is 0.416 e. The van der Waals surface area contributed by atoms with Crippen LogP contribution in [0, 0.1) is 17.2 Å². The Kier molecular flexibility index (Phi) is 7.99. The molecule has 0 aliphatic carbocycles. The van der Waals surface area contributed by atoms with Crippen molar-refractivity contribution in [2.24, 2.45) is 11.3 Å². The molecule has 1 spiro atoms. The summed E-state index contributed by atoms with van der Waals surface area (Å²) in [6.45, 7) is 4.67. The molecule has 210 valence electrons. The lowest BCUT2D eigenvalue weighted by atomic mass is 9.62. The van der Waals surface area contributed by atoms with Crippen molar-refractivity contribution in [1.29, 1.82) is 0 Å². The van der Waals surface area contributed by atoms with E-state index in [9.17, 15) is 31.9 Å². The van der Waals surface area contributed by atoms with Gasteiger partial charge in [-0.05, 0) is 60.1 Å². The Hall–Kier alpha value is -3.50. The summed E-state index contributed by atoms with van der Waals surface area (Å²) in [5.74, 6) is -2.86. The molecule has 0 radical (unpaired) electrons. The first-order valence-electron chi connectivity index (χ1n) is 12.9. The quantitative estimate of drug-likeness (QED) is 0.567.